The van der Waals surface area contributed by atoms with Crippen molar-refractivity contribution in [3.63, 3.8) is 0 Å². The first-order valence-corrected chi connectivity index (χ1v) is 8.74. The highest BCUT2D eigenvalue weighted by Crippen LogP contribution is 2.23. The van der Waals surface area contributed by atoms with E-state index in [4.69, 9.17) is 8.83 Å². The van der Waals surface area contributed by atoms with E-state index in [1.54, 1.807) is 6.07 Å². The van der Waals surface area contributed by atoms with Crippen molar-refractivity contribution in [2.45, 2.75) is 23.8 Å². The van der Waals surface area contributed by atoms with Crippen molar-refractivity contribution in [2.24, 2.45) is 0 Å². The maximum Gasteiger partial charge on any atom is 0.373 e. The summed E-state index contributed by atoms with van der Waals surface area (Å²) in [5.41, 5.74) is 0. The van der Waals surface area contributed by atoms with Gasteiger partial charge in [-0.1, -0.05) is 11.8 Å². The summed E-state index contributed by atoms with van der Waals surface area (Å²) in [6.45, 7) is 0.757. The maximum atomic E-state index is 11.6. The van der Waals surface area contributed by atoms with Crippen LogP contribution < -0.4 is 5.32 Å². The van der Waals surface area contributed by atoms with E-state index in [2.05, 4.69) is 20.3 Å². The van der Waals surface area contributed by atoms with Crippen LogP contribution in [0.4, 0.5) is 4.79 Å². The molecule has 0 radical (unpaired) electrons. The van der Waals surface area contributed by atoms with Crippen LogP contribution in [0.25, 0.3) is 0 Å². The lowest BCUT2D eigenvalue weighted by Crippen LogP contribution is -2.49. The summed E-state index contributed by atoms with van der Waals surface area (Å²) in [5, 5.41) is 10.5. The number of nitrogens with one attached hydrogen (secondary N) is 1. The van der Waals surface area contributed by atoms with Crippen LogP contribution in [-0.2, 0) is 21.7 Å². The Labute approximate surface area is 152 Å². The average molecular weight is 380 g/mol. The first-order valence-electron chi connectivity index (χ1n) is 7.76. The van der Waals surface area contributed by atoms with Gasteiger partial charge in [0.2, 0.25) is 17.6 Å². The largest absolute Gasteiger partial charge is 0.463 e. The molecule has 0 atom stereocenters. The fraction of sp³-hybridized carbons (Fsp3) is 0.400. The van der Waals surface area contributed by atoms with Gasteiger partial charge in [-0.05, 0) is 12.1 Å². The number of nitrogens with zero attached hydrogens (tertiary/aromatic N) is 3. The van der Waals surface area contributed by atoms with Crippen molar-refractivity contribution in [3.05, 3.63) is 29.5 Å². The molecule has 11 heteroatoms. The lowest BCUT2D eigenvalue weighted by molar-refractivity contribution is -0.121. The Bertz CT molecular complexity index is 817. The molecule has 0 aromatic carbocycles. The van der Waals surface area contributed by atoms with Crippen molar-refractivity contribution in [2.75, 3.05) is 20.2 Å². The number of hydrogen-bond donors (Lipinski definition) is 1. The van der Waals surface area contributed by atoms with Crippen LogP contribution in [0.3, 0.4) is 0 Å². The number of imide groups is 1. The fourth-order valence-corrected chi connectivity index (χ4v) is 2.91. The van der Waals surface area contributed by atoms with Crippen LogP contribution >= 0.6 is 11.8 Å². The molecule has 1 aliphatic heterocycles. The Morgan fingerprint density at radius 3 is 2.96 bits per heavy atom. The Morgan fingerprint density at radius 1 is 1.35 bits per heavy atom. The molecule has 26 heavy (non-hydrogen) atoms. The molecule has 2 aromatic heterocycles. The zero-order valence-corrected chi connectivity index (χ0v) is 14.7. The summed E-state index contributed by atoms with van der Waals surface area (Å²) in [6, 6.07) is 2.80. The number of aromatic nitrogens is 2. The van der Waals surface area contributed by atoms with E-state index in [0.717, 1.165) is 0 Å². The molecule has 0 unspecified atom stereocenters. The van der Waals surface area contributed by atoms with Crippen molar-refractivity contribution >= 4 is 29.7 Å². The molecule has 1 aliphatic rings. The normalized spacial score (nSPS) is 14.4. The zero-order valence-electron chi connectivity index (χ0n) is 13.9. The van der Waals surface area contributed by atoms with Gasteiger partial charge in [0, 0.05) is 25.9 Å². The van der Waals surface area contributed by atoms with Gasteiger partial charge < -0.3 is 18.5 Å². The predicted molar refractivity (Wildman–Crippen MR) is 87.3 cm³/mol. The molecule has 3 amide bonds. The van der Waals surface area contributed by atoms with Gasteiger partial charge >= 0.3 is 12.0 Å². The molecule has 0 bridgehead atoms. The number of carbonyl (C=O) groups is 3. The van der Waals surface area contributed by atoms with Crippen LogP contribution in [0.1, 0.15) is 28.6 Å². The van der Waals surface area contributed by atoms with E-state index < -0.39 is 12.0 Å². The zero-order chi connectivity index (χ0) is 18.5. The summed E-state index contributed by atoms with van der Waals surface area (Å²) < 4.78 is 15.4. The number of methoxy groups -OCH3 is 1. The van der Waals surface area contributed by atoms with E-state index in [0.29, 0.717) is 42.1 Å². The molecule has 3 rings (SSSR count). The lowest BCUT2D eigenvalue weighted by atomic mass is 10.3. The molecule has 0 aliphatic carbocycles. The molecular weight excluding hydrogens is 364 g/mol. The average Bonchev–Trinajstić information content (AvgIpc) is 3.28. The molecule has 1 fully saturated rings. The summed E-state index contributed by atoms with van der Waals surface area (Å²) >= 11 is 1.27. The first kappa shape index (κ1) is 18.0. The van der Waals surface area contributed by atoms with Gasteiger partial charge in [0.15, 0.2) is 0 Å². The number of rotatable bonds is 7. The highest BCUT2D eigenvalue weighted by molar-refractivity contribution is 7.98. The number of ether oxygens (including phenoxy) is 1. The van der Waals surface area contributed by atoms with E-state index >= 15 is 0 Å². The summed E-state index contributed by atoms with van der Waals surface area (Å²) in [6.07, 6.45) is 0.676. The molecule has 0 spiro atoms. The van der Waals surface area contributed by atoms with Gasteiger partial charge in [0.1, 0.15) is 5.76 Å². The number of thioether (sulfide) groups is 1. The Morgan fingerprint density at radius 2 is 2.19 bits per heavy atom. The van der Waals surface area contributed by atoms with Gasteiger partial charge in [0.05, 0.1) is 12.9 Å². The standard InChI is InChI=1S/C15H16N4O6S/c1-23-13(21)10-3-2-9(24-10)8-26-15-18-17-12(25-15)5-7-19-6-4-11(20)16-14(19)22/h2-3H,4-8H2,1H3,(H,16,20,22). The molecule has 3 heterocycles. The highest BCUT2D eigenvalue weighted by Gasteiger charge is 2.23. The van der Waals surface area contributed by atoms with Crippen LogP contribution in [0.2, 0.25) is 0 Å². The van der Waals surface area contributed by atoms with Crippen LogP contribution in [0, 0.1) is 0 Å². The van der Waals surface area contributed by atoms with Gasteiger partial charge in [-0.25, -0.2) is 9.59 Å². The van der Waals surface area contributed by atoms with Crippen molar-refractivity contribution in [1.29, 1.82) is 0 Å². The van der Waals surface area contributed by atoms with Crippen LogP contribution in [0.15, 0.2) is 26.2 Å². The SMILES string of the molecule is COC(=O)c1ccc(CSc2nnc(CCN3CCC(=O)NC3=O)o2)o1. The maximum absolute atomic E-state index is 11.6. The number of hydrogen-bond acceptors (Lipinski definition) is 9. The van der Waals surface area contributed by atoms with E-state index in [1.165, 1.54) is 29.8 Å². The van der Waals surface area contributed by atoms with Crippen molar-refractivity contribution < 1.29 is 28.0 Å². The second kappa shape index (κ2) is 8.04. The number of furan rings is 1. The quantitative estimate of drug-likeness (QED) is 0.557. The predicted octanol–water partition coefficient (Wildman–Crippen LogP) is 1.23. The van der Waals surface area contributed by atoms with E-state index in [-0.39, 0.29) is 18.1 Å². The summed E-state index contributed by atoms with van der Waals surface area (Å²) in [4.78, 5) is 35.6. The molecule has 2 aromatic rings. The second-order valence-electron chi connectivity index (χ2n) is 5.35. The second-order valence-corrected chi connectivity index (χ2v) is 6.27. The Hall–Kier alpha value is -2.82. The topological polar surface area (TPSA) is 128 Å². The van der Waals surface area contributed by atoms with Crippen molar-refractivity contribution in [3.8, 4) is 0 Å². The smallest absolute Gasteiger partial charge is 0.373 e. The van der Waals surface area contributed by atoms with E-state index in [9.17, 15) is 14.4 Å². The van der Waals surface area contributed by atoms with Gasteiger partial charge in [-0.15, -0.1) is 10.2 Å². The minimum atomic E-state index is -0.537. The number of amides is 3. The minimum absolute atomic E-state index is 0.132. The van der Waals surface area contributed by atoms with Gasteiger partial charge in [-0.2, -0.15) is 0 Å². The Kier molecular flexibility index (Phi) is 5.56. The molecule has 0 saturated carbocycles. The number of carbonyl (C=O) groups excluding carboxylic acids is 3. The molecular formula is C15H16N4O6S. The molecule has 1 saturated heterocycles. The highest BCUT2D eigenvalue weighted by atomic mass is 32.2. The number of urea groups is 1. The molecule has 1 N–H and O–H groups in total. The third-order valence-corrected chi connectivity index (χ3v) is 4.41. The lowest BCUT2D eigenvalue weighted by Gasteiger charge is -2.25. The van der Waals surface area contributed by atoms with Crippen LogP contribution in [0.5, 0.6) is 0 Å². The third kappa shape index (κ3) is 4.42. The van der Waals surface area contributed by atoms with Crippen LogP contribution in [-0.4, -0.2) is 53.2 Å². The summed E-state index contributed by atoms with van der Waals surface area (Å²) in [7, 11) is 1.28. The van der Waals surface area contributed by atoms with Gasteiger partial charge in [0.25, 0.3) is 5.22 Å². The third-order valence-electron chi connectivity index (χ3n) is 3.57. The number of esters is 1. The Balaban J connectivity index is 1.47. The van der Waals surface area contributed by atoms with Gasteiger partial charge in [-0.3, -0.25) is 10.1 Å². The summed E-state index contributed by atoms with van der Waals surface area (Å²) in [5.74, 6) is 0.708. The fourth-order valence-electron chi connectivity index (χ4n) is 2.24. The molecule has 138 valence electrons. The van der Waals surface area contributed by atoms with E-state index in [1.807, 2.05) is 0 Å². The minimum Gasteiger partial charge on any atom is -0.463 e. The first-order chi connectivity index (χ1) is 12.5. The molecule has 10 nitrogen and oxygen atoms in total. The van der Waals surface area contributed by atoms with Crippen molar-refractivity contribution in [1.82, 2.24) is 20.4 Å². The monoisotopic (exact) mass is 380 g/mol.